The maximum Gasteiger partial charge on any atom is 0.269 e. The molecule has 1 aromatic heterocycles. The lowest BCUT2D eigenvalue weighted by Crippen LogP contribution is -2.10. The number of hydrogen-bond acceptors (Lipinski definition) is 4. The summed E-state index contributed by atoms with van der Waals surface area (Å²) in [5, 5.41) is 10.7. The molecule has 0 saturated carbocycles. The molecule has 0 aliphatic carbocycles. The van der Waals surface area contributed by atoms with Crippen LogP contribution >= 0.6 is 0 Å². The summed E-state index contributed by atoms with van der Waals surface area (Å²) in [5.74, 6) is 0.126. The fourth-order valence-electron chi connectivity index (χ4n) is 2.17. The van der Waals surface area contributed by atoms with Crippen LogP contribution in [0.25, 0.3) is 22.6 Å². The average Bonchev–Trinajstić information content (AvgIpc) is 3.05. The normalized spacial score (nSPS) is 10.4. The fraction of sp³-hybridized carbons (Fsp3) is 0. The van der Waals surface area contributed by atoms with Crippen LogP contribution in [-0.4, -0.2) is 20.8 Å². The van der Waals surface area contributed by atoms with Gasteiger partial charge in [0.1, 0.15) is 5.82 Å². The van der Waals surface area contributed by atoms with E-state index in [1.165, 1.54) is 12.1 Å². The van der Waals surface area contributed by atoms with Crippen molar-refractivity contribution in [2.45, 2.75) is 0 Å². The molecule has 0 fully saturated rings. The topological polar surface area (TPSA) is 115 Å². The van der Waals surface area contributed by atoms with Crippen LogP contribution in [-0.2, 0) is 0 Å². The van der Waals surface area contributed by atoms with E-state index in [1.54, 1.807) is 42.6 Å². The zero-order valence-corrected chi connectivity index (χ0v) is 11.9. The zero-order valence-electron chi connectivity index (χ0n) is 11.9. The van der Waals surface area contributed by atoms with Crippen molar-refractivity contribution in [2.24, 2.45) is 5.73 Å². The molecule has 2 aromatic carbocycles. The summed E-state index contributed by atoms with van der Waals surface area (Å²) in [4.78, 5) is 28.7. The monoisotopic (exact) mass is 308 g/mol. The molecular weight excluding hydrogens is 296 g/mol. The second-order valence-corrected chi connectivity index (χ2v) is 4.89. The largest absolute Gasteiger partial charge is 0.366 e. The highest BCUT2D eigenvalue weighted by Gasteiger charge is 2.09. The summed E-state index contributed by atoms with van der Waals surface area (Å²) in [5.41, 5.74) is 8.05. The van der Waals surface area contributed by atoms with Gasteiger partial charge in [-0.25, -0.2) is 4.98 Å². The van der Waals surface area contributed by atoms with Crippen molar-refractivity contribution in [1.82, 2.24) is 9.97 Å². The Hall–Kier alpha value is -3.48. The molecule has 0 radical (unpaired) electrons. The molecule has 7 nitrogen and oxygen atoms in total. The highest BCUT2D eigenvalue weighted by molar-refractivity contribution is 5.93. The molecule has 0 saturated heterocycles. The number of non-ortho nitro benzene ring substituents is 1. The number of imidazole rings is 1. The SMILES string of the molecule is NC(=O)c1ccc(-c2cnc(-c3ccc([N+](=O)[O-])cc3)[nH]2)cc1. The Morgan fingerprint density at radius 3 is 2.22 bits per heavy atom. The minimum atomic E-state index is -0.479. The molecule has 3 rings (SSSR count). The van der Waals surface area contributed by atoms with Crippen molar-refractivity contribution in [2.75, 3.05) is 0 Å². The predicted octanol–water partition coefficient (Wildman–Crippen LogP) is 2.75. The van der Waals surface area contributed by atoms with Crippen LogP contribution in [0.1, 0.15) is 10.4 Å². The van der Waals surface area contributed by atoms with E-state index in [9.17, 15) is 14.9 Å². The van der Waals surface area contributed by atoms with E-state index in [0.717, 1.165) is 16.8 Å². The molecule has 114 valence electrons. The molecule has 0 aliphatic heterocycles. The van der Waals surface area contributed by atoms with Gasteiger partial charge in [-0.15, -0.1) is 0 Å². The highest BCUT2D eigenvalue weighted by Crippen LogP contribution is 2.24. The Morgan fingerprint density at radius 1 is 1.04 bits per heavy atom. The second-order valence-electron chi connectivity index (χ2n) is 4.89. The van der Waals surface area contributed by atoms with Crippen LogP contribution in [0.5, 0.6) is 0 Å². The van der Waals surface area contributed by atoms with Crippen LogP contribution in [0, 0.1) is 10.1 Å². The van der Waals surface area contributed by atoms with E-state index in [0.29, 0.717) is 11.4 Å². The van der Waals surface area contributed by atoms with E-state index in [-0.39, 0.29) is 5.69 Å². The Kier molecular flexibility index (Phi) is 3.60. The Balaban J connectivity index is 1.87. The molecule has 0 bridgehead atoms. The number of nitro groups is 1. The number of H-pyrrole nitrogens is 1. The van der Waals surface area contributed by atoms with Gasteiger partial charge in [0.25, 0.3) is 5.69 Å². The quantitative estimate of drug-likeness (QED) is 0.569. The van der Waals surface area contributed by atoms with Crippen molar-refractivity contribution in [3.63, 3.8) is 0 Å². The standard InChI is InChI=1S/C16H12N4O3/c17-15(21)11-3-1-10(2-4-11)14-9-18-16(19-14)12-5-7-13(8-6-12)20(22)23/h1-9H,(H2,17,21)(H,18,19). The number of aromatic amines is 1. The lowest BCUT2D eigenvalue weighted by molar-refractivity contribution is -0.384. The zero-order chi connectivity index (χ0) is 16.4. The van der Waals surface area contributed by atoms with E-state index >= 15 is 0 Å². The molecule has 0 unspecified atom stereocenters. The van der Waals surface area contributed by atoms with E-state index < -0.39 is 10.8 Å². The number of amides is 1. The van der Waals surface area contributed by atoms with Gasteiger partial charge in [-0.05, 0) is 29.8 Å². The molecule has 7 heteroatoms. The van der Waals surface area contributed by atoms with Crippen molar-refractivity contribution in [3.8, 4) is 22.6 Å². The predicted molar refractivity (Wildman–Crippen MR) is 84.6 cm³/mol. The summed E-state index contributed by atoms with van der Waals surface area (Å²) < 4.78 is 0. The smallest absolute Gasteiger partial charge is 0.269 e. The Labute approximate surface area is 130 Å². The summed E-state index contributed by atoms with van der Waals surface area (Å²) in [7, 11) is 0. The summed E-state index contributed by atoms with van der Waals surface area (Å²) in [6.07, 6.45) is 1.66. The average molecular weight is 308 g/mol. The van der Waals surface area contributed by atoms with Gasteiger partial charge < -0.3 is 10.7 Å². The van der Waals surface area contributed by atoms with Crippen molar-refractivity contribution >= 4 is 11.6 Å². The first-order chi connectivity index (χ1) is 11.0. The molecular formula is C16H12N4O3. The van der Waals surface area contributed by atoms with Gasteiger partial charge in [0.15, 0.2) is 0 Å². The van der Waals surface area contributed by atoms with E-state index in [1.807, 2.05) is 0 Å². The summed E-state index contributed by atoms with van der Waals surface area (Å²) >= 11 is 0. The van der Waals surface area contributed by atoms with Crippen molar-refractivity contribution in [1.29, 1.82) is 0 Å². The fourth-order valence-corrected chi connectivity index (χ4v) is 2.17. The van der Waals surface area contributed by atoms with Crippen molar-refractivity contribution in [3.05, 3.63) is 70.4 Å². The minimum Gasteiger partial charge on any atom is -0.366 e. The molecule has 0 aliphatic rings. The maximum absolute atomic E-state index is 11.1. The van der Waals surface area contributed by atoms with Gasteiger partial charge >= 0.3 is 0 Å². The van der Waals surface area contributed by atoms with Crippen LogP contribution in [0.4, 0.5) is 5.69 Å². The molecule has 1 heterocycles. The third kappa shape index (κ3) is 2.93. The van der Waals surface area contributed by atoms with Gasteiger partial charge in [0, 0.05) is 23.3 Å². The lowest BCUT2D eigenvalue weighted by Gasteiger charge is -2.00. The number of carbonyl (C=O) groups is 1. The van der Waals surface area contributed by atoms with Crippen LogP contribution in [0.15, 0.2) is 54.7 Å². The highest BCUT2D eigenvalue weighted by atomic mass is 16.6. The number of nitrogens with two attached hydrogens (primary N) is 1. The van der Waals surface area contributed by atoms with Gasteiger partial charge in [-0.2, -0.15) is 0 Å². The number of nitrogens with zero attached hydrogens (tertiary/aromatic N) is 2. The number of hydrogen-bond donors (Lipinski definition) is 2. The number of benzene rings is 2. The van der Waals surface area contributed by atoms with Crippen LogP contribution in [0.2, 0.25) is 0 Å². The van der Waals surface area contributed by atoms with Crippen molar-refractivity contribution < 1.29 is 9.72 Å². The first kappa shape index (κ1) is 14.5. The van der Waals surface area contributed by atoms with Gasteiger partial charge in [0.05, 0.1) is 16.8 Å². The van der Waals surface area contributed by atoms with Gasteiger partial charge in [-0.3, -0.25) is 14.9 Å². The summed E-state index contributed by atoms with van der Waals surface area (Å²) in [6.45, 7) is 0. The maximum atomic E-state index is 11.1. The number of aromatic nitrogens is 2. The number of nitrogens with one attached hydrogen (secondary N) is 1. The molecule has 0 atom stereocenters. The van der Waals surface area contributed by atoms with E-state index in [4.69, 9.17) is 5.73 Å². The number of primary amides is 1. The number of nitro benzene ring substituents is 1. The third-order valence-electron chi connectivity index (χ3n) is 3.41. The van der Waals surface area contributed by atoms with E-state index in [2.05, 4.69) is 9.97 Å². The summed E-state index contributed by atoms with van der Waals surface area (Å²) in [6, 6.07) is 13.0. The number of rotatable bonds is 4. The van der Waals surface area contributed by atoms with Crippen LogP contribution in [0.3, 0.4) is 0 Å². The van der Waals surface area contributed by atoms with Gasteiger partial charge in [0.2, 0.25) is 5.91 Å². The second kappa shape index (κ2) is 5.72. The molecule has 3 aromatic rings. The minimum absolute atomic E-state index is 0.0302. The molecule has 3 N–H and O–H groups in total. The number of carbonyl (C=O) groups excluding carboxylic acids is 1. The molecule has 0 spiro atoms. The first-order valence-electron chi connectivity index (χ1n) is 6.74. The molecule has 1 amide bonds. The van der Waals surface area contributed by atoms with Gasteiger partial charge in [-0.1, -0.05) is 12.1 Å². The van der Waals surface area contributed by atoms with Crippen LogP contribution < -0.4 is 5.73 Å². The Bertz CT molecular complexity index is 795. The lowest BCUT2D eigenvalue weighted by atomic mass is 10.1. The first-order valence-corrected chi connectivity index (χ1v) is 6.74. The Morgan fingerprint density at radius 2 is 1.65 bits per heavy atom. The molecule has 23 heavy (non-hydrogen) atoms. The third-order valence-corrected chi connectivity index (χ3v) is 3.41.